The fourth-order valence-electron chi connectivity index (χ4n) is 2.75. The minimum atomic E-state index is -0.489. The van der Waals surface area contributed by atoms with Gasteiger partial charge in [-0.2, -0.15) is 0 Å². The maximum absolute atomic E-state index is 11.7. The molecule has 1 rings (SSSR count). The first-order chi connectivity index (χ1) is 11.1. The van der Waals surface area contributed by atoms with Gasteiger partial charge in [0.15, 0.2) is 0 Å². The monoisotopic (exact) mass is 334 g/mol. The third-order valence-electron chi connectivity index (χ3n) is 4.02. The van der Waals surface area contributed by atoms with Crippen LogP contribution in [0.5, 0.6) is 0 Å². The Balaban J connectivity index is 2.46. The van der Waals surface area contributed by atoms with Crippen LogP contribution < -0.4 is 10.6 Å². The molecular weight excluding hydrogens is 300 g/mol. The molecule has 1 aromatic rings. The normalized spacial score (nSPS) is 12.1. The van der Waals surface area contributed by atoms with E-state index in [9.17, 15) is 4.79 Å². The summed E-state index contributed by atoms with van der Waals surface area (Å²) in [5.74, 6) is 2.04. The molecule has 0 aromatic heterocycles. The summed E-state index contributed by atoms with van der Waals surface area (Å²) in [4.78, 5) is 11.7. The van der Waals surface area contributed by atoms with Crippen molar-refractivity contribution in [3.8, 4) is 0 Å². The minimum Gasteiger partial charge on any atom is -0.444 e. The lowest BCUT2D eigenvalue weighted by Crippen LogP contribution is -2.29. The second kappa shape index (κ2) is 9.07. The van der Waals surface area contributed by atoms with Gasteiger partial charge in [0.25, 0.3) is 0 Å². The summed E-state index contributed by atoms with van der Waals surface area (Å²) >= 11 is 0. The molecule has 0 saturated carbocycles. The summed E-state index contributed by atoms with van der Waals surface area (Å²) < 4.78 is 5.25. The molecule has 136 valence electrons. The van der Waals surface area contributed by atoms with E-state index in [4.69, 9.17) is 4.74 Å². The minimum absolute atomic E-state index is 0.426. The molecule has 2 N–H and O–H groups in total. The van der Waals surface area contributed by atoms with Crippen LogP contribution in [0.3, 0.4) is 0 Å². The molecule has 24 heavy (non-hydrogen) atoms. The van der Waals surface area contributed by atoms with Gasteiger partial charge in [-0.1, -0.05) is 39.8 Å². The van der Waals surface area contributed by atoms with Gasteiger partial charge in [0.05, 0.1) is 0 Å². The van der Waals surface area contributed by atoms with Crippen molar-refractivity contribution in [2.75, 3.05) is 11.9 Å². The van der Waals surface area contributed by atoms with Crippen molar-refractivity contribution in [3.63, 3.8) is 0 Å². The predicted octanol–water partition coefficient (Wildman–Crippen LogP) is 5.05. The quantitative estimate of drug-likeness (QED) is 0.733. The zero-order valence-corrected chi connectivity index (χ0v) is 16.3. The maximum atomic E-state index is 11.7. The van der Waals surface area contributed by atoms with E-state index >= 15 is 0 Å². The van der Waals surface area contributed by atoms with Gasteiger partial charge in [-0.25, -0.2) is 4.79 Å². The van der Waals surface area contributed by atoms with E-state index in [0.29, 0.717) is 17.8 Å². The van der Waals surface area contributed by atoms with Gasteiger partial charge in [-0.15, -0.1) is 0 Å². The Labute approximate surface area is 147 Å². The molecule has 0 aliphatic rings. The highest BCUT2D eigenvalue weighted by Crippen LogP contribution is 2.19. The van der Waals surface area contributed by atoms with Gasteiger partial charge in [-0.3, -0.25) is 5.32 Å². The molecule has 0 atom stereocenters. The summed E-state index contributed by atoms with van der Waals surface area (Å²) in [6, 6.07) is 7.87. The Bertz CT molecular complexity index is 493. The van der Waals surface area contributed by atoms with E-state index in [0.717, 1.165) is 18.8 Å². The fourth-order valence-corrected chi connectivity index (χ4v) is 2.75. The largest absolute Gasteiger partial charge is 0.444 e. The van der Waals surface area contributed by atoms with Crippen molar-refractivity contribution >= 4 is 11.8 Å². The molecule has 0 unspecified atom stereocenters. The van der Waals surface area contributed by atoms with Crippen LogP contribution in [0.4, 0.5) is 10.5 Å². The van der Waals surface area contributed by atoms with Gasteiger partial charge in [0.1, 0.15) is 5.60 Å². The van der Waals surface area contributed by atoms with E-state index in [1.165, 1.54) is 5.56 Å². The molecule has 0 aliphatic heterocycles. The number of hydrogen-bond donors (Lipinski definition) is 2. The molecule has 0 bridgehead atoms. The third-order valence-corrected chi connectivity index (χ3v) is 4.02. The maximum Gasteiger partial charge on any atom is 0.412 e. The summed E-state index contributed by atoms with van der Waals surface area (Å²) in [7, 11) is 0. The molecule has 0 fully saturated rings. The molecule has 4 nitrogen and oxygen atoms in total. The lowest BCUT2D eigenvalue weighted by molar-refractivity contribution is 0.0636. The number of nitrogens with one attached hydrogen (secondary N) is 2. The van der Waals surface area contributed by atoms with E-state index in [1.807, 2.05) is 45.0 Å². The van der Waals surface area contributed by atoms with Gasteiger partial charge in [0.2, 0.25) is 0 Å². The van der Waals surface area contributed by atoms with Crippen molar-refractivity contribution < 1.29 is 9.53 Å². The Hall–Kier alpha value is -1.55. The highest BCUT2D eigenvalue weighted by molar-refractivity contribution is 5.84. The predicted molar refractivity (Wildman–Crippen MR) is 101 cm³/mol. The molecule has 0 spiro atoms. The van der Waals surface area contributed by atoms with Gasteiger partial charge in [0, 0.05) is 12.2 Å². The van der Waals surface area contributed by atoms with E-state index in [1.54, 1.807) is 0 Å². The smallest absolute Gasteiger partial charge is 0.412 e. The zero-order chi connectivity index (χ0) is 18.3. The summed E-state index contributed by atoms with van der Waals surface area (Å²) in [6.07, 6.45) is -0.426. The summed E-state index contributed by atoms with van der Waals surface area (Å²) in [5.41, 5.74) is 1.46. The third kappa shape index (κ3) is 7.82. The number of carbonyl (C=O) groups is 1. The molecular formula is C20H34N2O2. The second-order valence-electron chi connectivity index (χ2n) is 8.11. The van der Waals surface area contributed by atoms with Crippen molar-refractivity contribution in [1.29, 1.82) is 0 Å². The standard InChI is InChI=1S/C20H34N2O2/c1-14(2)18(15(3)4)13-21-12-16-8-10-17(11-9-16)22-19(23)24-20(5,6)7/h8-11,14-15,18,21H,12-13H2,1-7H3,(H,22,23). The number of carbonyl (C=O) groups excluding carboxylic acids is 1. The van der Waals surface area contributed by atoms with Crippen LogP contribution in [0.1, 0.15) is 54.0 Å². The Morgan fingerprint density at radius 2 is 1.58 bits per heavy atom. The number of ether oxygens (including phenoxy) is 1. The van der Waals surface area contributed by atoms with Crippen LogP contribution in [0.25, 0.3) is 0 Å². The number of amides is 1. The van der Waals surface area contributed by atoms with Crippen molar-refractivity contribution in [2.45, 2.75) is 60.6 Å². The first-order valence-corrected chi connectivity index (χ1v) is 8.88. The highest BCUT2D eigenvalue weighted by Gasteiger charge is 2.17. The molecule has 1 aromatic carbocycles. The second-order valence-corrected chi connectivity index (χ2v) is 8.11. The average molecular weight is 335 g/mol. The topological polar surface area (TPSA) is 50.4 Å². The average Bonchev–Trinajstić information content (AvgIpc) is 2.42. The first kappa shape index (κ1) is 20.5. The van der Waals surface area contributed by atoms with Crippen LogP contribution in [0, 0.1) is 17.8 Å². The van der Waals surface area contributed by atoms with Crippen molar-refractivity contribution in [1.82, 2.24) is 5.32 Å². The van der Waals surface area contributed by atoms with Crippen LogP contribution in [0.15, 0.2) is 24.3 Å². The Morgan fingerprint density at radius 1 is 1.04 bits per heavy atom. The van der Waals surface area contributed by atoms with Crippen LogP contribution in [-0.2, 0) is 11.3 Å². The van der Waals surface area contributed by atoms with Crippen LogP contribution in [0.2, 0.25) is 0 Å². The first-order valence-electron chi connectivity index (χ1n) is 8.88. The Kier molecular flexibility index (Phi) is 7.74. The number of hydrogen-bond acceptors (Lipinski definition) is 3. The van der Waals surface area contributed by atoms with Crippen molar-refractivity contribution in [3.05, 3.63) is 29.8 Å². The molecule has 0 heterocycles. The van der Waals surface area contributed by atoms with E-state index in [-0.39, 0.29) is 0 Å². The SMILES string of the molecule is CC(C)C(CNCc1ccc(NC(=O)OC(C)(C)C)cc1)C(C)C. The molecule has 1 amide bonds. The zero-order valence-electron chi connectivity index (χ0n) is 16.3. The highest BCUT2D eigenvalue weighted by atomic mass is 16.6. The van der Waals surface area contributed by atoms with E-state index in [2.05, 4.69) is 38.3 Å². The summed E-state index contributed by atoms with van der Waals surface area (Å²) in [6.45, 7) is 16.5. The molecule has 0 saturated heterocycles. The van der Waals surface area contributed by atoms with Crippen molar-refractivity contribution in [2.24, 2.45) is 17.8 Å². The van der Waals surface area contributed by atoms with Gasteiger partial charge >= 0.3 is 6.09 Å². The van der Waals surface area contributed by atoms with Crippen LogP contribution in [-0.4, -0.2) is 18.2 Å². The van der Waals surface area contributed by atoms with E-state index < -0.39 is 11.7 Å². The molecule has 4 heteroatoms. The lowest BCUT2D eigenvalue weighted by Gasteiger charge is -2.25. The number of rotatable bonds is 7. The summed E-state index contributed by atoms with van der Waals surface area (Å²) in [5, 5.41) is 6.29. The van der Waals surface area contributed by atoms with Crippen LogP contribution >= 0.6 is 0 Å². The number of benzene rings is 1. The van der Waals surface area contributed by atoms with Gasteiger partial charge < -0.3 is 10.1 Å². The Morgan fingerprint density at radius 3 is 2.04 bits per heavy atom. The lowest BCUT2D eigenvalue weighted by atomic mass is 9.85. The van der Waals surface area contributed by atoms with Gasteiger partial charge in [-0.05, 0) is 62.8 Å². The molecule has 0 aliphatic carbocycles. The molecule has 0 radical (unpaired) electrons. The fraction of sp³-hybridized carbons (Fsp3) is 0.650. The number of anilines is 1.